The maximum atomic E-state index is 13.9. The molecule has 0 radical (unpaired) electrons. The highest BCUT2D eigenvalue weighted by atomic mass is 16.5. The summed E-state index contributed by atoms with van der Waals surface area (Å²) in [7, 11) is 0. The third-order valence-corrected chi connectivity index (χ3v) is 7.82. The zero-order chi connectivity index (χ0) is 27.1. The van der Waals surface area contributed by atoms with Gasteiger partial charge in [0, 0.05) is 25.2 Å². The number of hydrogen-bond donors (Lipinski definition) is 1. The van der Waals surface area contributed by atoms with Crippen molar-refractivity contribution < 1.29 is 23.9 Å². The summed E-state index contributed by atoms with van der Waals surface area (Å²) < 4.78 is 5.31. The van der Waals surface area contributed by atoms with Gasteiger partial charge in [-0.15, -0.1) is 0 Å². The lowest BCUT2D eigenvalue weighted by Crippen LogP contribution is -2.52. The molecular formula is C28H36N4O5. The van der Waals surface area contributed by atoms with Crippen molar-refractivity contribution in [2.45, 2.75) is 83.9 Å². The molecule has 3 aliphatic heterocycles. The molecule has 1 spiro atoms. The van der Waals surface area contributed by atoms with Crippen LogP contribution in [0.25, 0.3) is 0 Å². The Balaban J connectivity index is 1.57. The summed E-state index contributed by atoms with van der Waals surface area (Å²) in [5, 5.41) is 12.8. The van der Waals surface area contributed by atoms with Gasteiger partial charge in [-0.1, -0.05) is 39.0 Å². The van der Waals surface area contributed by atoms with Gasteiger partial charge in [0.15, 0.2) is 0 Å². The third-order valence-electron chi connectivity index (χ3n) is 7.82. The van der Waals surface area contributed by atoms with E-state index in [1.165, 1.54) is 4.90 Å². The van der Waals surface area contributed by atoms with Crippen LogP contribution in [0.1, 0.15) is 65.9 Å². The summed E-state index contributed by atoms with van der Waals surface area (Å²) in [5.74, 6) is -1.88. The molecule has 37 heavy (non-hydrogen) atoms. The van der Waals surface area contributed by atoms with Crippen LogP contribution in [0, 0.1) is 22.7 Å². The van der Waals surface area contributed by atoms with Crippen LogP contribution >= 0.6 is 0 Å². The van der Waals surface area contributed by atoms with Gasteiger partial charge in [-0.2, -0.15) is 5.26 Å². The van der Waals surface area contributed by atoms with Crippen molar-refractivity contribution in [2.75, 3.05) is 18.4 Å². The van der Waals surface area contributed by atoms with E-state index in [-0.39, 0.29) is 43.2 Å². The van der Waals surface area contributed by atoms with Crippen LogP contribution in [-0.4, -0.2) is 64.8 Å². The Morgan fingerprint density at radius 2 is 1.92 bits per heavy atom. The number of ether oxygens (including phenoxy) is 1. The summed E-state index contributed by atoms with van der Waals surface area (Å²) in [6.45, 7) is 9.72. The molecule has 1 aromatic rings. The van der Waals surface area contributed by atoms with Crippen molar-refractivity contribution in [2.24, 2.45) is 11.3 Å². The molecule has 2 fully saturated rings. The molecule has 0 saturated carbocycles. The van der Waals surface area contributed by atoms with Crippen LogP contribution in [0.5, 0.6) is 0 Å². The fourth-order valence-electron chi connectivity index (χ4n) is 5.91. The van der Waals surface area contributed by atoms with Gasteiger partial charge >= 0.3 is 5.97 Å². The van der Waals surface area contributed by atoms with Gasteiger partial charge in [-0.3, -0.25) is 19.2 Å². The Hall–Kier alpha value is -3.41. The van der Waals surface area contributed by atoms with E-state index >= 15 is 0 Å². The minimum Gasteiger partial charge on any atom is -0.463 e. The number of hydrogen-bond acceptors (Lipinski definition) is 6. The number of fused-ring (bicyclic) bond motifs is 2. The van der Waals surface area contributed by atoms with E-state index in [1.54, 1.807) is 18.7 Å². The number of benzene rings is 1. The van der Waals surface area contributed by atoms with Crippen molar-refractivity contribution in [1.29, 1.82) is 5.26 Å². The van der Waals surface area contributed by atoms with Crippen LogP contribution in [-0.2, 0) is 29.3 Å². The highest BCUT2D eigenvalue weighted by Gasteiger charge is 2.57. The Kier molecular flexibility index (Phi) is 7.06. The molecule has 3 aliphatic rings. The Morgan fingerprint density at radius 3 is 2.57 bits per heavy atom. The average Bonchev–Trinajstić information content (AvgIpc) is 3.53. The second kappa shape index (κ2) is 9.81. The van der Waals surface area contributed by atoms with Crippen molar-refractivity contribution in [3.63, 3.8) is 0 Å². The molecule has 0 aliphatic carbocycles. The van der Waals surface area contributed by atoms with E-state index in [2.05, 4.69) is 11.4 Å². The zero-order valence-electron chi connectivity index (χ0n) is 22.2. The van der Waals surface area contributed by atoms with Crippen LogP contribution in [0.2, 0.25) is 0 Å². The number of rotatable bonds is 5. The molecule has 4 rings (SSSR count). The number of nitrogens with zero attached hydrogens (tertiary/aromatic N) is 3. The number of carbonyl (C=O) groups is 4. The third kappa shape index (κ3) is 4.81. The first-order chi connectivity index (χ1) is 17.4. The van der Waals surface area contributed by atoms with Gasteiger partial charge in [-0.25, -0.2) is 0 Å². The SMILES string of the molecule is CC(C)OC(=O)CC(C(=O)N1CCC[C@H]1C(=O)N1C[C@]2(C[C@H]1C#N)C(=O)Nc1ccccc12)C(C)(C)C. The molecule has 4 atom stereocenters. The number of carbonyl (C=O) groups excluding carboxylic acids is 4. The molecule has 2 saturated heterocycles. The fourth-order valence-corrected chi connectivity index (χ4v) is 5.91. The smallest absolute Gasteiger partial charge is 0.306 e. The molecule has 3 amide bonds. The van der Waals surface area contributed by atoms with Crippen LogP contribution in [0.4, 0.5) is 5.69 Å². The van der Waals surface area contributed by atoms with E-state index < -0.39 is 34.8 Å². The highest BCUT2D eigenvalue weighted by molar-refractivity contribution is 6.07. The molecule has 0 aromatic heterocycles. The number of anilines is 1. The van der Waals surface area contributed by atoms with E-state index in [0.29, 0.717) is 25.1 Å². The maximum absolute atomic E-state index is 13.9. The molecule has 9 nitrogen and oxygen atoms in total. The van der Waals surface area contributed by atoms with Crippen LogP contribution in [0.3, 0.4) is 0 Å². The fraction of sp³-hybridized carbons (Fsp3) is 0.607. The molecule has 1 unspecified atom stereocenters. The number of amides is 3. The Labute approximate surface area is 218 Å². The predicted octanol–water partition coefficient (Wildman–Crippen LogP) is 3.00. The predicted molar refractivity (Wildman–Crippen MR) is 136 cm³/mol. The number of esters is 1. The number of likely N-dealkylation sites (tertiary alicyclic amines) is 2. The summed E-state index contributed by atoms with van der Waals surface area (Å²) in [6.07, 6.45) is 0.983. The van der Waals surface area contributed by atoms with Crippen molar-refractivity contribution in [3.05, 3.63) is 29.8 Å². The lowest BCUT2D eigenvalue weighted by atomic mass is 9.77. The van der Waals surface area contributed by atoms with Gasteiger partial charge in [0.2, 0.25) is 17.7 Å². The Morgan fingerprint density at radius 1 is 1.22 bits per heavy atom. The van der Waals surface area contributed by atoms with Crippen molar-refractivity contribution >= 4 is 29.4 Å². The quantitative estimate of drug-likeness (QED) is 0.611. The Bertz CT molecular complexity index is 1150. The molecule has 1 N–H and O–H groups in total. The van der Waals surface area contributed by atoms with Crippen molar-refractivity contribution in [1.82, 2.24) is 9.80 Å². The van der Waals surface area contributed by atoms with Crippen molar-refractivity contribution in [3.8, 4) is 6.07 Å². The van der Waals surface area contributed by atoms with Gasteiger partial charge in [0.25, 0.3) is 0 Å². The lowest BCUT2D eigenvalue weighted by molar-refractivity contribution is -0.156. The minimum atomic E-state index is -0.978. The molecule has 3 heterocycles. The van der Waals surface area contributed by atoms with Gasteiger partial charge in [-0.05, 0) is 43.7 Å². The van der Waals surface area contributed by atoms with Gasteiger partial charge in [0.1, 0.15) is 12.1 Å². The molecule has 1 aromatic carbocycles. The molecular weight excluding hydrogens is 472 g/mol. The first-order valence-corrected chi connectivity index (χ1v) is 13.0. The minimum absolute atomic E-state index is 0.0669. The average molecular weight is 509 g/mol. The number of para-hydroxylation sites is 1. The van der Waals surface area contributed by atoms with Crippen LogP contribution in [0.15, 0.2) is 24.3 Å². The second-order valence-corrected chi connectivity index (χ2v) is 11.7. The molecule has 0 bridgehead atoms. The number of nitriles is 1. The van der Waals surface area contributed by atoms with Crippen LogP contribution < -0.4 is 5.32 Å². The first kappa shape index (κ1) is 26.6. The maximum Gasteiger partial charge on any atom is 0.306 e. The standard InChI is InChI=1S/C28H36N4O5/c1-17(2)37-23(33)13-20(27(3,4)5)24(34)31-12-8-11-22(31)25(35)32-16-28(14-18(32)15-29)19-9-6-7-10-21(19)30-26(28)36/h6-7,9-10,17-18,20,22H,8,11-14,16H2,1-5H3,(H,30,36)/t18-,20?,22-,28-/m0/s1. The second-order valence-electron chi connectivity index (χ2n) is 11.7. The number of nitrogens with one attached hydrogen (secondary N) is 1. The largest absolute Gasteiger partial charge is 0.463 e. The highest BCUT2D eigenvalue weighted by Crippen LogP contribution is 2.46. The summed E-state index contributed by atoms with van der Waals surface area (Å²) in [5.41, 5.74) is 0.0000236. The summed E-state index contributed by atoms with van der Waals surface area (Å²) in [4.78, 5) is 56.3. The van der Waals surface area contributed by atoms with E-state index in [9.17, 15) is 24.4 Å². The topological polar surface area (TPSA) is 120 Å². The van der Waals surface area contributed by atoms with E-state index in [0.717, 1.165) is 5.56 Å². The summed E-state index contributed by atoms with van der Waals surface area (Å²) in [6, 6.07) is 8.08. The van der Waals surface area contributed by atoms with E-state index in [4.69, 9.17) is 4.74 Å². The normalized spacial score (nSPS) is 25.7. The van der Waals surface area contributed by atoms with E-state index in [1.807, 2.05) is 45.0 Å². The summed E-state index contributed by atoms with van der Waals surface area (Å²) >= 11 is 0. The first-order valence-electron chi connectivity index (χ1n) is 13.0. The molecule has 9 heteroatoms. The monoisotopic (exact) mass is 508 g/mol. The lowest BCUT2D eigenvalue weighted by Gasteiger charge is -2.36. The zero-order valence-corrected chi connectivity index (χ0v) is 22.2. The molecule has 198 valence electrons. The van der Waals surface area contributed by atoms with Gasteiger partial charge in [0.05, 0.1) is 29.9 Å². The van der Waals surface area contributed by atoms with Gasteiger partial charge < -0.3 is 19.9 Å².